The van der Waals surface area contributed by atoms with E-state index in [4.69, 9.17) is 0 Å². The lowest BCUT2D eigenvalue weighted by Crippen LogP contribution is -2.39. The molecule has 0 bridgehead atoms. The van der Waals surface area contributed by atoms with Crippen LogP contribution in [0.25, 0.3) is 10.8 Å². The second-order valence-corrected chi connectivity index (χ2v) is 6.63. The van der Waals surface area contributed by atoms with Crippen molar-refractivity contribution in [1.82, 2.24) is 20.4 Å². The Morgan fingerprint density at radius 2 is 2.00 bits per heavy atom. The van der Waals surface area contributed by atoms with E-state index < -0.39 is 0 Å². The Hall–Kier alpha value is -3.15. The first kappa shape index (κ1) is 16.3. The lowest BCUT2D eigenvalue weighted by molar-refractivity contribution is -0.121. The van der Waals surface area contributed by atoms with Gasteiger partial charge >= 0.3 is 0 Å². The highest BCUT2D eigenvalue weighted by Crippen LogP contribution is 2.17. The van der Waals surface area contributed by atoms with Crippen LogP contribution < -0.4 is 5.32 Å². The summed E-state index contributed by atoms with van der Waals surface area (Å²) in [6.45, 7) is 1.17. The number of aromatic amines is 1. The lowest BCUT2D eigenvalue weighted by atomic mass is 10.0. The minimum absolute atomic E-state index is 0.00479. The van der Waals surface area contributed by atoms with E-state index in [1.54, 1.807) is 17.2 Å². The SMILES string of the molecule is O=C(Cc1ccc2ccccc2c1)N[C@@H]1CCN(C(=O)c2ccn[nH]2)C1. The molecule has 1 atom stereocenters. The van der Waals surface area contributed by atoms with E-state index in [-0.39, 0.29) is 17.9 Å². The molecule has 2 heterocycles. The highest BCUT2D eigenvalue weighted by Gasteiger charge is 2.28. The molecule has 1 aliphatic rings. The molecule has 0 spiro atoms. The first-order valence-electron chi connectivity index (χ1n) is 8.75. The number of hydrogen-bond donors (Lipinski definition) is 2. The van der Waals surface area contributed by atoms with Crippen molar-refractivity contribution < 1.29 is 9.59 Å². The Morgan fingerprint density at radius 3 is 2.81 bits per heavy atom. The minimum Gasteiger partial charge on any atom is -0.351 e. The van der Waals surface area contributed by atoms with Crippen LogP contribution in [0.1, 0.15) is 22.5 Å². The molecule has 0 radical (unpaired) electrons. The van der Waals surface area contributed by atoms with E-state index in [0.717, 1.165) is 17.4 Å². The van der Waals surface area contributed by atoms with Crippen molar-refractivity contribution in [1.29, 1.82) is 0 Å². The number of carbonyl (C=O) groups is 2. The second kappa shape index (κ2) is 7.00. The monoisotopic (exact) mass is 348 g/mol. The summed E-state index contributed by atoms with van der Waals surface area (Å²) in [5, 5.41) is 11.8. The number of hydrogen-bond acceptors (Lipinski definition) is 3. The van der Waals surface area contributed by atoms with E-state index in [9.17, 15) is 9.59 Å². The van der Waals surface area contributed by atoms with Crippen molar-refractivity contribution in [3.8, 4) is 0 Å². The molecule has 2 aromatic carbocycles. The maximum atomic E-state index is 12.4. The third kappa shape index (κ3) is 3.44. The summed E-state index contributed by atoms with van der Waals surface area (Å²) in [5.74, 6) is -0.0881. The fourth-order valence-electron chi connectivity index (χ4n) is 3.42. The van der Waals surface area contributed by atoms with Gasteiger partial charge in [-0.25, -0.2) is 0 Å². The zero-order valence-corrected chi connectivity index (χ0v) is 14.3. The maximum Gasteiger partial charge on any atom is 0.271 e. The van der Waals surface area contributed by atoms with Crippen molar-refractivity contribution in [2.45, 2.75) is 18.9 Å². The van der Waals surface area contributed by atoms with Crippen LogP contribution in [0.15, 0.2) is 54.7 Å². The molecular weight excluding hydrogens is 328 g/mol. The highest BCUT2D eigenvalue weighted by atomic mass is 16.2. The van der Waals surface area contributed by atoms with Gasteiger partial charge in [-0.3, -0.25) is 14.7 Å². The number of nitrogens with zero attached hydrogens (tertiary/aromatic N) is 2. The Bertz CT molecular complexity index is 936. The summed E-state index contributed by atoms with van der Waals surface area (Å²) >= 11 is 0. The summed E-state index contributed by atoms with van der Waals surface area (Å²) in [6, 6.07) is 15.8. The van der Waals surface area contributed by atoms with Gasteiger partial charge in [0.2, 0.25) is 5.91 Å². The van der Waals surface area contributed by atoms with Gasteiger partial charge in [0.1, 0.15) is 5.69 Å². The van der Waals surface area contributed by atoms with Gasteiger partial charge in [-0.05, 0) is 28.8 Å². The van der Waals surface area contributed by atoms with Crippen LogP contribution in [0.2, 0.25) is 0 Å². The van der Waals surface area contributed by atoms with Gasteiger partial charge in [0, 0.05) is 25.3 Å². The van der Waals surface area contributed by atoms with Crippen molar-refractivity contribution in [2.75, 3.05) is 13.1 Å². The van der Waals surface area contributed by atoms with Crippen LogP contribution in [0, 0.1) is 0 Å². The van der Waals surface area contributed by atoms with E-state index >= 15 is 0 Å². The second-order valence-electron chi connectivity index (χ2n) is 6.63. The van der Waals surface area contributed by atoms with E-state index in [1.165, 1.54) is 5.39 Å². The lowest BCUT2D eigenvalue weighted by Gasteiger charge is -2.16. The summed E-state index contributed by atoms with van der Waals surface area (Å²) in [6.07, 6.45) is 2.67. The zero-order chi connectivity index (χ0) is 17.9. The van der Waals surface area contributed by atoms with Crippen LogP contribution in [-0.4, -0.2) is 46.0 Å². The number of benzene rings is 2. The molecular formula is C20H20N4O2. The van der Waals surface area contributed by atoms with E-state index in [2.05, 4.69) is 27.6 Å². The molecule has 0 saturated carbocycles. The number of fused-ring (bicyclic) bond motifs is 1. The zero-order valence-electron chi connectivity index (χ0n) is 14.3. The molecule has 2 N–H and O–H groups in total. The predicted octanol–water partition coefficient (Wildman–Crippen LogP) is 2.14. The highest BCUT2D eigenvalue weighted by molar-refractivity contribution is 5.92. The van der Waals surface area contributed by atoms with Crippen LogP contribution in [-0.2, 0) is 11.2 Å². The van der Waals surface area contributed by atoms with Gasteiger partial charge < -0.3 is 10.2 Å². The van der Waals surface area contributed by atoms with Crippen LogP contribution >= 0.6 is 0 Å². The molecule has 3 aromatic rings. The fraction of sp³-hybridized carbons (Fsp3) is 0.250. The summed E-state index contributed by atoms with van der Waals surface area (Å²) in [4.78, 5) is 26.4. The molecule has 26 heavy (non-hydrogen) atoms. The molecule has 6 heteroatoms. The molecule has 132 valence electrons. The van der Waals surface area contributed by atoms with Crippen LogP contribution in [0.5, 0.6) is 0 Å². The third-order valence-corrected chi connectivity index (χ3v) is 4.75. The first-order chi connectivity index (χ1) is 12.7. The predicted molar refractivity (Wildman–Crippen MR) is 98.7 cm³/mol. The summed E-state index contributed by atoms with van der Waals surface area (Å²) < 4.78 is 0. The summed E-state index contributed by atoms with van der Waals surface area (Å²) in [7, 11) is 0. The Balaban J connectivity index is 1.34. The molecule has 2 amide bonds. The molecule has 1 aromatic heterocycles. The average molecular weight is 348 g/mol. The number of rotatable bonds is 4. The normalized spacial score (nSPS) is 16.8. The Morgan fingerprint density at radius 1 is 1.15 bits per heavy atom. The minimum atomic E-state index is -0.0752. The average Bonchev–Trinajstić information content (AvgIpc) is 3.33. The smallest absolute Gasteiger partial charge is 0.271 e. The van der Waals surface area contributed by atoms with Gasteiger partial charge in [0.05, 0.1) is 6.42 Å². The number of aromatic nitrogens is 2. The number of H-pyrrole nitrogens is 1. The molecule has 4 rings (SSSR count). The van der Waals surface area contributed by atoms with E-state index in [0.29, 0.717) is 25.2 Å². The van der Waals surface area contributed by atoms with Crippen molar-refractivity contribution >= 4 is 22.6 Å². The number of amides is 2. The first-order valence-corrected chi connectivity index (χ1v) is 8.75. The van der Waals surface area contributed by atoms with Gasteiger partial charge in [0.15, 0.2) is 0 Å². The molecule has 1 saturated heterocycles. The number of likely N-dealkylation sites (tertiary alicyclic amines) is 1. The van der Waals surface area contributed by atoms with E-state index in [1.807, 2.05) is 30.3 Å². The van der Waals surface area contributed by atoms with Crippen molar-refractivity contribution in [2.24, 2.45) is 0 Å². The van der Waals surface area contributed by atoms with Gasteiger partial charge in [-0.1, -0.05) is 42.5 Å². The van der Waals surface area contributed by atoms with Gasteiger partial charge in [-0.15, -0.1) is 0 Å². The maximum absolute atomic E-state index is 12.4. The fourth-order valence-corrected chi connectivity index (χ4v) is 3.42. The number of nitrogens with one attached hydrogen (secondary N) is 2. The van der Waals surface area contributed by atoms with Crippen LogP contribution in [0.3, 0.4) is 0 Å². The quantitative estimate of drug-likeness (QED) is 0.758. The Labute approximate surface area is 151 Å². The summed E-state index contributed by atoms with van der Waals surface area (Å²) in [5.41, 5.74) is 1.47. The standard InChI is InChI=1S/C20H20N4O2/c25-19(12-14-5-6-15-3-1-2-4-16(15)11-14)22-17-8-10-24(13-17)20(26)18-7-9-21-23-18/h1-7,9,11,17H,8,10,12-13H2,(H,21,23)(H,22,25)/t17-/m1/s1. The largest absolute Gasteiger partial charge is 0.351 e. The topological polar surface area (TPSA) is 78.1 Å². The Kier molecular flexibility index (Phi) is 4.39. The van der Waals surface area contributed by atoms with Gasteiger partial charge in [-0.2, -0.15) is 5.10 Å². The third-order valence-electron chi connectivity index (χ3n) is 4.75. The molecule has 0 unspecified atom stereocenters. The molecule has 6 nitrogen and oxygen atoms in total. The van der Waals surface area contributed by atoms with Crippen LogP contribution in [0.4, 0.5) is 0 Å². The molecule has 1 fully saturated rings. The molecule has 0 aliphatic carbocycles. The molecule has 1 aliphatic heterocycles. The van der Waals surface area contributed by atoms with Gasteiger partial charge in [0.25, 0.3) is 5.91 Å². The number of carbonyl (C=O) groups excluding carboxylic acids is 2. The van der Waals surface area contributed by atoms with Crippen molar-refractivity contribution in [3.05, 3.63) is 66.0 Å². The van der Waals surface area contributed by atoms with Crippen molar-refractivity contribution in [3.63, 3.8) is 0 Å².